The average Bonchev–Trinajstić information content (AvgIpc) is 3.31. The van der Waals surface area contributed by atoms with Gasteiger partial charge < -0.3 is 15.0 Å². The third-order valence-electron chi connectivity index (χ3n) is 4.63. The van der Waals surface area contributed by atoms with E-state index in [0.717, 1.165) is 23.3 Å². The van der Waals surface area contributed by atoms with Crippen LogP contribution in [-0.2, 0) is 18.4 Å². The summed E-state index contributed by atoms with van der Waals surface area (Å²) in [6.07, 6.45) is 9.47. The molecule has 4 heterocycles. The van der Waals surface area contributed by atoms with Crippen molar-refractivity contribution in [2.75, 3.05) is 13.1 Å². The van der Waals surface area contributed by atoms with Crippen molar-refractivity contribution in [3.63, 3.8) is 0 Å². The zero-order valence-electron chi connectivity index (χ0n) is 14.3. The highest BCUT2D eigenvalue weighted by Gasteiger charge is 2.34. The Balaban J connectivity index is 0.00000121. The molecule has 0 saturated carbocycles. The Morgan fingerprint density at radius 3 is 2.96 bits per heavy atom. The molecule has 2 N–H and O–H groups in total. The molecule has 4 rings (SSSR count). The molecule has 1 saturated heterocycles. The number of nitrogens with one attached hydrogen (secondary N) is 2. The Bertz CT molecular complexity index is 877. The normalized spacial score (nSPS) is 19.0. The minimum atomic E-state index is -0.0654. The van der Waals surface area contributed by atoms with Gasteiger partial charge in [0, 0.05) is 57.4 Å². The van der Waals surface area contributed by atoms with Gasteiger partial charge in [0.25, 0.3) is 0 Å². The van der Waals surface area contributed by atoms with E-state index in [4.69, 9.17) is 0 Å². The second-order valence-corrected chi connectivity index (χ2v) is 6.26. The summed E-state index contributed by atoms with van der Waals surface area (Å²) in [6.45, 7) is 2.02. The van der Waals surface area contributed by atoms with Crippen molar-refractivity contribution in [1.82, 2.24) is 29.8 Å². The smallest absolute Gasteiger partial charge is 0.225 e. The lowest BCUT2D eigenvalue weighted by atomic mass is 9.90. The van der Waals surface area contributed by atoms with Crippen LogP contribution in [0.25, 0.3) is 5.65 Å². The van der Waals surface area contributed by atoms with Crippen molar-refractivity contribution in [1.29, 1.82) is 0 Å². The Morgan fingerprint density at radius 2 is 2.19 bits per heavy atom. The van der Waals surface area contributed by atoms with Crippen molar-refractivity contribution in [3.05, 3.63) is 54.2 Å². The zero-order valence-corrected chi connectivity index (χ0v) is 16.0. The maximum atomic E-state index is 12.6. The summed E-state index contributed by atoms with van der Waals surface area (Å²) in [5.41, 5.74) is 3.05. The minimum absolute atomic E-state index is 0. The standard InChI is InChI=1S/C17H20N6O.2ClH/c1-22-11-13(8-21-22)14-9-18-10-15(14)17(24)20-7-12-2-4-23-5-3-19-16(23)6-12;;/h2-6,8,11,14-15,18H,7,9-10H2,1H3,(H,20,24);2*1H/t14-,15+;;/m1../s1. The van der Waals surface area contributed by atoms with Gasteiger partial charge in [-0.25, -0.2) is 4.98 Å². The van der Waals surface area contributed by atoms with Gasteiger partial charge in [0.05, 0.1) is 12.1 Å². The molecule has 26 heavy (non-hydrogen) atoms. The molecule has 0 bridgehead atoms. The van der Waals surface area contributed by atoms with E-state index >= 15 is 0 Å². The summed E-state index contributed by atoms with van der Waals surface area (Å²) in [5.74, 6) is 0.190. The van der Waals surface area contributed by atoms with Gasteiger partial charge >= 0.3 is 0 Å². The molecule has 2 atom stereocenters. The number of aromatic nitrogens is 4. The van der Waals surface area contributed by atoms with Crippen molar-refractivity contribution in [3.8, 4) is 0 Å². The number of halogens is 2. The number of hydrogen-bond acceptors (Lipinski definition) is 4. The van der Waals surface area contributed by atoms with E-state index in [1.165, 1.54) is 0 Å². The van der Waals surface area contributed by atoms with Crippen LogP contribution in [-0.4, -0.2) is 38.2 Å². The number of pyridine rings is 1. The molecule has 0 aromatic carbocycles. The third kappa shape index (κ3) is 4.00. The molecule has 0 radical (unpaired) electrons. The van der Waals surface area contributed by atoms with Crippen molar-refractivity contribution < 1.29 is 4.79 Å². The van der Waals surface area contributed by atoms with Crippen LogP contribution < -0.4 is 10.6 Å². The topological polar surface area (TPSA) is 76.2 Å². The average molecular weight is 397 g/mol. The van der Waals surface area contributed by atoms with E-state index in [1.54, 1.807) is 10.9 Å². The number of rotatable bonds is 4. The first kappa shape index (κ1) is 20.2. The van der Waals surface area contributed by atoms with Gasteiger partial charge in [-0.05, 0) is 23.3 Å². The lowest BCUT2D eigenvalue weighted by Gasteiger charge is -2.17. The lowest BCUT2D eigenvalue weighted by Crippen LogP contribution is -2.33. The highest BCUT2D eigenvalue weighted by Crippen LogP contribution is 2.27. The molecule has 0 unspecified atom stereocenters. The number of amides is 1. The van der Waals surface area contributed by atoms with E-state index in [1.807, 2.05) is 48.4 Å². The molecular formula is C17H22Cl2N6O. The molecule has 1 fully saturated rings. The molecular weight excluding hydrogens is 375 g/mol. The van der Waals surface area contributed by atoms with Gasteiger partial charge in [-0.2, -0.15) is 5.10 Å². The Kier molecular flexibility index (Phi) is 6.63. The Labute approximate surface area is 164 Å². The number of nitrogens with zero attached hydrogens (tertiary/aromatic N) is 4. The highest BCUT2D eigenvalue weighted by molar-refractivity contribution is 5.85. The predicted molar refractivity (Wildman–Crippen MR) is 104 cm³/mol. The van der Waals surface area contributed by atoms with Gasteiger partial charge in [-0.15, -0.1) is 24.8 Å². The SMILES string of the molecule is Cl.Cl.Cn1cc([C@H]2CNC[C@@H]2C(=O)NCc2ccn3ccnc3c2)cn1. The van der Waals surface area contributed by atoms with Crippen molar-refractivity contribution in [2.24, 2.45) is 13.0 Å². The van der Waals surface area contributed by atoms with Gasteiger partial charge in [0.15, 0.2) is 0 Å². The van der Waals surface area contributed by atoms with Gasteiger partial charge in [0.2, 0.25) is 5.91 Å². The first-order valence-electron chi connectivity index (χ1n) is 8.09. The minimum Gasteiger partial charge on any atom is -0.352 e. The lowest BCUT2D eigenvalue weighted by molar-refractivity contribution is -0.125. The monoisotopic (exact) mass is 396 g/mol. The molecule has 9 heteroatoms. The van der Waals surface area contributed by atoms with Crippen LogP contribution >= 0.6 is 24.8 Å². The predicted octanol–water partition coefficient (Wildman–Crippen LogP) is 1.53. The van der Waals surface area contributed by atoms with Crippen LogP contribution in [0.15, 0.2) is 43.1 Å². The van der Waals surface area contributed by atoms with E-state index in [2.05, 4.69) is 20.7 Å². The third-order valence-corrected chi connectivity index (χ3v) is 4.63. The second-order valence-electron chi connectivity index (χ2n) is 6.26. The molecule has 1 amide bonds. The van der Waals surface area contributed by atoms with Gasteiger partial charge in [0.1, 0.15) is 5.65 Å². The number of fused-ring (bicyclic) bond motifs is 1. The molecule has 7 nitrogen and oxygen atoms in total. The fourth-order valence-corrected chi connectivity index (χ4v) is 3.32. The summed E-state index contributed by atoms with van der Waals surface area (Å²) in [5, 5.41) is 10.6. The first-order chi connectivity index (χ1) is 11.7. The van der Waals surface area contributed by atoms with Crippen molar-refractivity contribution in [2.45, 2.75) is 12.5 Å². The summed E-state index contributed by atoms with van der Waals surface area (Å²) in [7, 11) is 1.90. The molecule has 1 aliphatic rings. The fraction of sp³-hybridized carbons (Fsp3) is 0.353. The second kappa shape index (κ2) is 8.53. The van der Waals surface area contributed by atoms with Gasteiger partial charge in [-0.3, -0.25) is 9.48 Å². The molecule has 3 aromatic rings. The quantitative estimate of drug-likeness (QED) is 0.700. The van der Waals surface area contributed by atoms with Crippen LogP contribution in [0.5, 0.6) is 0 Å². The molecule has 3 aromatic heterocycles. The van der Waals surface area contributed by atoms with Gasteiger partial charge in [-0.1, -0.05) is 0 Å². The maximum absolute atomic E-state index is 12.6. The van der Waals surface area contributed by atoms with Crippen LogP contribution in [0.4, 0.5) is 0 Å². The van der Waals surface area contributed by atoms with Crippen LogP contribution in [0.1, 0.15) is 17.0 Å². The molecule has 1 aliphatic heterocycles. The Morgan fingerprint density at radius 1 is 1.35 bits per heavy atom. The molecule has 140 valence electrons. The first-order valence-corrected chi connectivity index (χ1v) is 8.09. The van der Waals surface area contributed by atoms with Crippen molar-refractivity contribution >= 4 is 36.4 Å². The summed E-state index contributed by atoms with van der Waals surface area (Å²) in [4.78, 5) is 16.9. The fourth-order valence-electron chi connectivity index (χ4n) is 3.32. The Hall–Kier alpha value is -2.09. The van der Waals surface area contributed by atoms with Crippen LogP contribution in [0, 0.1) is 5.92 Å². The van der Waals surface area contributed by atoms with Crippen LogP contribution in [0.3, 0.4) is 0 Å². The van der Waals surface area contributed by atoms with E-state index in [9.17, 15) is 4.79 Å². The number of carbonyl (C=O) groups excluding carboxylic acids is 1. The van der Waals surface area contributed by atoms with E-state index in [-0.39, 0.29) is 42.6 Å². The number of imidazole rings is 1. The maximum Gasteiger partial charge on any atom is 0.225 e. The molecule has 0 spiro atoms. The van der Waals surface area contributed by atoms with E-state index in [0.29, 0.717) is 13.1 Å². The number of hydrogen-bond donors (Lipinski definition) is 2. The van der Waals surface area contributed by atoms with Crippen LogP contribution in [0.2, 0.25) is 0 Å². The zero-order chi connectivity index (χ0) is 16.5. The number of aryl methyl sites for hydroxylation is 1. The number of carbonyl (C=O) groups is 1. The highest BCUT2D eigenvalue weighted by atomic mass is 35.5. The van der Waals surface area contributed by atoms with E-state index < -0.39 is 0 Å². The molecule has 0 aliphatic carbocycles. The summed E-state index contributed by atoms with van der Waals surface area (Å²) in [6, 6.07) is 3.99. The largest absolute Gasteiger partial charge is 0.352 e. The summed E-state index contributed by atoms with van der Waals surface area (Å²) < 4.78 is 3.73. The summed E-state index contributed by atoms with van der Waals surface area (Å²) >= 11 is 0.